The van der Waals surface area contributed by atoms with Crippen molar-refractivity contribution in [1.29, 1.82) is 0 Å². The van der Waals surface area contributed by atoms with Crippen molar-refractivity contribution < 1.29 is 74.2 Å². The molecule has 0 unspecified atom stereocenters. The van der Waals surface area contributed by atoms with Gasteiger partial charge < -0.3 is 59.8 Å². The molecule has 15 heteroatoms. The third kappa shape index (κ3) is 6.31. The van der Waals surface area contributed by atoms with Crippen molar-refractivity contribution >= 4 is 17.7 Å². The highest BCUT2D eigenvalue weighted by Gasteiger charge is 2.71. The first kappa shape index (κ1) is 43.1. The smallest absolute Gasteiger partial charge is 0.335 e. The number of fused-ring (bicyclic) bond motifs is 7. The van der Waals surface area contributed by atoms with E-state index in [1.54, 1.807) is 0 Å². The van der Waals surface area contributed by atoms with E-state index in [0.29, 0.717) is 25.7 Å². The number of hydrogen-bond donors (Lipinski definition) is 8. The van der Waals surface area contributed by atoms with Gasteiger partial charge in [-0.2, -0.15) is 0 Å². The van der Waals surface area contributed by atoms with Crippen molar-refractivity contribution in [3.8, 4) is 0 Å². The van der Waals surface area contributed by atoms with Crippen molar-refractivity contribution in [2.45, 2.75) is 174 Å². The highest BCUT2D eigenvalue weighted by molar-refractivity contribution is 5.95. The lowest BCUT2D eigenvalue weighted by molar-refractivity contribution is -0.374. The normalized spacial score (nSPS) is 53.4. The molecule has 2 heterocycles. The van der Waals surface area contributed by atoms with Gasteiger partial charge in [0, 0.05) is 5.92 Å². The minimum Gasteiger partial charge on any atom is -0.481 e. The monoisotopic (exact) mass is 808 g/mol. The van der Waals surface area contributed by atoms with E-state index < -0.39 is 108 Å². The number of rotatable bonds is 7. The zero-order valence-corrected chi connectivity index (χ0v) is 34.2. The molecule has 8 N–H and O–H groups in total. The average Bonchev–Trinajstić information content (AvgIpc) is 3.13. The standard InChI is InChI=1S/C42H64O15/c1-37(2)23-8-11-42(7)32(21(44)16-19-20-17-39(4,36(52)53)13-12-38(20,3)14-15-41(19,42)6)40(23,5)10-9-24(37)55-35-31(28(48)27(47)30(56-35)33(50)51)57-34-29(49)26(46)25(45)22(18-43)54-34/h16,20,22-32,34-35,43,45-49H,8-15,17-18H2,1-7H3,(H,50,51)(H,52,53)/t20-,22+,23-,24-,25+,26-,27-,28-,29+,30-,31+,32+,34-,35-,38+,39+,40-,41+,42+/m0/s1. The summed E-state index contributed by atoms with van der Waals surface area (Å²) >= 11 is 0. The second-order valence-electron chi connectivity index (χ2n) is 20.6. The lowest BCUT2D eigenvalue weighted by Crippen LogP contribution is -2.68. The summed E-state index contributed by atoms with van der Waals surface area (Å²) in [6.45, 7) is 14.3. The Balaban J connectivity index is 1.17. The maximum absolute atomic E-state index is 14.8. The fraction of sp³-hybridized carbons (Fsp3) is 0.881. The number of carboxylic acid groups (broad SMARTS) is 2. The van der Waals surface area contributed by atoms with Gasteiger partial charge in [0.2, 0.25) is 0 Å². The second-order valence-corrected chi connectivity index (χ2v) is 20.6. The summed E-state index contributed by atoms with van der Waals surface area (Å²) in [6.07, 6.45) is -9.82. The van der Waals surface area contributed by atoms with Crippen LogP contribution in [0.5, 0.6) is 0 Å². The van der Waals surface area contributed by atoms with E-state index in [0.717, 1.165) is 37.7 Å². The van der Waals surface area contributed by atoms with E-state index in [1.165, 1.54) is 0 Å². The minimum absolute atomic E-state index is 0.00364. The summed E-state index contributed by atoms with van der Waals surface area (Å²) in [5.41, 5.74) is -1.63. The van der Waals surface area contributed by atoms with Crippen molar-refractivity contribution in [2.75, 3.05) is 6.61 Å². The molecule has 0 bridgehead atoms. The average molecular weight is 809 g/mol. The highest BCUT2D eigenvalue weighted by atomic mass is 16.8. The molecule has 0 amide bonds. The molecule has 0 spiro atoms. The molecule has 7 rings (SSSR count). The fourth-order valence-electron chi connectivity index (χ4n) is 13.4. The summed E-state index contributed by atoms with van der Waals surface area (Å²) in [5, 5.41) is 83.3. The first-order valence-electron chi connectivity index (χ1n) is 20.8. The maximum atomic E-state index is 14.8. The molecule has 2 saturated heterocycles. The number of ether oxygens (including phenoxy) is 4. The molecule has 0 aromatic heterocycles. The Morgan fingerprint density at radius 3 is 2.07 bits per heavy atom. The summed E-state index contributed by atoms with van der Waals surface area (Å²) in [5.74, 6) is -2.63. The van der Waals surface area contributed by atoms with Gasteiger partial charge in [-0.05, 0) is 110 Å². The molecule has 2 aliphatic heterocycles. The van der Waals surface area contributed by atoms with Gasteiger partial charge in [0.05, 0.1) is 18.1 Å². The number of carbonyl (C=O) groups excluding carboxylic acids is 1. The second kappa shape index (κ2) is 14.3. The van der Waals surface area contributed by atoms with Gasteiger partial charge >= 0.3 is 11.9 Å². The van der Waals surface area contributed by atoms with Crippen LogP contribution in [0.1, 0.15) is 106 Å². The van der Waals surface area contributed by atoms with Gasteiger partial charge in [-0.15, -0.1) is 0 Å². The molecule has 6 fully saturated rings. The molecule has 15 nitrogen and oxygen atoms in total. The Labute approximate surface area is 333 Å². The molecular formula is C42H64O15. The number of aliphatic hydroxyl groups excluding tert-OH is 6. The largest absolute Gasteiger partial charge is 0.481 e. The fourth-order valence-corrected chi connectivity index (χ4v) is 13.4. The molecule has 19 atom stereocenters. The Morgan fingerprint density at radius 1 is 0.772 bits per heavy atom. The van der Waals surface area contributed by atoms with Gasteiger partial charge in [0.25, 0.3) is 0 Å². The Bertz CT molecular complexity index is 1650. The summed E-state index contributed by atoms with van der Waals surface area (Å²) in [7, 11) is 0. The summed E-state index contributed by atoms with van der Waals surface area (Å²) in [6, 6.07) is 0. The molecule has 0 aromatic carbocycles. The van der Waals surface area contributed by atoms with Crippen molar-refractivity contribution in [3.63, 3.8) is 0 Å². The predicted octanol–water partition coefficient (Wildman–Crippen LogP) is 2.15. The van der Waals surface area contributed by atoms with Crippen molar-refractivity contribution in [3.05, 3.63) is 11.6 Å². The van der Waals surface area contributed by atoms with Gasteiger partial charge in [-0.25, -0.2) is 4.79 Å². The lowest BCUT2D eigenvalue weighted by Gasteiger charge is -2.70. The molecule has 5 aliphatic carbocycles. The van der Waals surface area contributed by atoms with Crippen LogP contribution in [-0.2, 0) is 33.3 Å². The molecule has 7 aliphatic rings. The van der Waals surface area contributed by atoms with Crippen LogP contribution in [0.4, 0.5) is 0 Å². The molecule has 322 valence electrons. The SMILES string of the molecule is CC1(C)[C@@H](O[C@H]2O[C@H](C(=O)O)[C@@H](O)[C@H](O)[C@H]2O[C@@H]2O[C@H](CO)[C@@H](O)[C@H](O)[C@H]2O)CC[C@]2(C)[C@H]3C(=O)C=C4[C@@H]5C[C@](C)(C(=O)O)CC[C@]5(C)CC[C@@]4(C)[C@]3(C)CC[C@@H]12. The van der Waals surface area contributed by atoms with Crippen LogP contribution in [0, 0.1) is 50.2 Å². The number of carboxylic acids is 2. The third-order valence-corrected chi connectivity index (χ3v) is 17.3. The minimum atomic E-state index is -1.98. The van der Waals surface area contributed by atoms with Crippen LogP contribution < -0.4 is 0 Å². The Hall–Kier alpha value is -2.05. The molecule has 0 radical (unpaired) electrons. The first-order chi connectivity index (χ1) is 26.4. The molecular weight excluding hydrogens is 744 g/mol. The van der Waals surface area contributed by atoms with Crippen LogP contribution in [0.15, 0.2) is 11.6 Å². The Morgan fingerprint density at radius 2 is 1.44 bits per heavy atom. The lowest BCUT2D eigenvalue weighted by atomic mass is 9.33. The number of aliphatic carboxylic acids is 2. The van der Waals surface area contributed by atoms with Gasteiger partial charge in [0.1, 0.15) is 42.7 Å². The van der Waals surface area contributed by atoms with E-state index in [4.69, 9.17) is 18.9 Å². The van der Waals surface area contributed by atoms with E-state index in [-0.39, 0.29) is 34.4 Å². The first-order valence-corrected chi connectivity index (χ1v) is 20.8. The Kier molecular flexibility index (Phi) is 10.8. The molecule has 0 aromatic rings. The predicted molar refractivity (Wildman–Crippen MR) is 199 cm³/mol. The topological polar surface area (TPSA) is 250 Å². The highest BCUT2D eigenvalue weighted by Crippen LogP contribution is 2.75. The zero-order valence-electron chi connectivity index (χ0n) is 34.2. The van der Waals surface area contributed by atoms with Gasteiger partial charge in [-0.1, -0.05) is 47.1 Å². The quantitative estimate of drug-likeness (QED) is 0.172. The van der Waals surface area contributed by atoms with E-state index in [1.807, 2.05) is 13.0 Å². The van der Waals surface area contributed by atoms with Crippen LogP contribution in [0.3, 0.4) is 0 Å². The number of aliphatic hydroxyl groups is 6. The third-order valence-electron chi connectivity index (χ3n) is 17.3. The van der Waals surface area contributed by atoms with Crippen molar-refractivity contribution in [1.82, 2.24) is 0 Å². The van der Waals surface area contributed by atoms with Crippen LogP contribution in [0.2, 0.25) is 0 Å². The molecule has 4 saturated carbocycles. The number of allylic oxidation sites excluding steroid dienone is 2. The zero-order chi connectivity index (χ0) is 42.0. The van der Waals surface area contributed by atoms with E-state index in [9.17, 15) is 55.2 Å². The van der Waals surface area contributed by atoms with Gasteiger partial charge in [0.15, 0.2) is 24.5 Å². The van der Waals surface area contributed by atoms with Crippen LogP contribution in [-0.4, -0.2) is 133 Å². The van der Waals surface area contributed by atoms with Crippen molar-refractivity contribution in [2.24, 2.45) is 50.2 Å². The maximum Gasteiger partial charge on any atom is 0.335 e. The van der Waals surface area contributed by atoms with Gasteiger partial charge in [-0.3, -0.25) is 9.59 Å². The number of carbonyl (C=O) groups is 3. The summed E-state index contributed by atoms with van der Waals surface area (Å²) < 4.78 is 23.8. The summed E-state index contributed by atoms with van der Waals surface area (Å²) in [4.78, 5) is 39.5. The van der Waals surface area contributed by atoms with E-state index >= 15 is 0 Å². The van der Waals surface area contributed by atoms with E-state index in [2.05, 4.69) is 41.5 Å². The molecule has 57 heavy (non-hydrogen) atoms. The van der Waals surface area contributed by atoms with Crippen LogP contribution in [0.25, 0.3) is 0 Å². The number of ketones is 1. The number of hydrogen-bond acceptors (Lipinski definition) is 13. The van der Waals surface area contributed by atoms with Crippen LogP contribution >= 0.6 is 0 Å².